The largest absolute Gasteiger partial charge is 0.435 e. The Balaban J connectivity index is 1.80. The van der Waals surface area contributed by atoms with Gasteiger partial charge in [0.25, 0.3) is 10.0 Å². The fourth-order valence-corrected chi connectivity index (χ4v) is 3.81. The van der Waals surface area contributed by atoms with Gasteiger partial charge in [-0.1, -0.05) is 12.1 Å². The number of sulfonamides is 1. The Morgan fingerprint density at radius 1 is 1.08 bits per heavy atom. The van der Waals surface area contributed by atoms with Crippen LogP contribution < -0.4 is 19.7 Å². The number of rotatable bonds is 6. The number of nitrogens with zero attached hydrogens (tertiary/aromatic N) is 1. The second-order valence-corrected chi connectivity index (χ2v) is 7.43. The highest BCUT2D eigenvalue weighted by Gasteiger charge is 2.18. The molecule has 1 heterocycles. The van der Waals surface area contributed by atoms with E-state index in [0.717, 1.165) is 31.9 Å². The fraction of sp³-hybridized carbons (Fsp3) is 0.294. The van der Waals surface area contributed by atoms with Crippen LogP contribution >= 0.6 is 0 Å². The summed E-state index contributed by atoms with van der Waals surface area (Å²) < 4.78 is 56.6. The molecule has 2 aromatic rings. The number of alkyl halides is 2. The normalized spacial score (nSPS) is 15.1. The Morgan fingerprint density at radius 2 is 1.81 bits per heavy atom. The van der Waals surface area contributed by atoms with Crippen molar-refractivity contribution in [3.8, 4) is 5.75 Å². The number of hydrogen-bond donors (Lipinski definition) is 2. The minimum Gasteiger partial charge on any atom is -0.435 e. The molecule has 1 fully saturated rings. The summed E-state index contributed by atoms with van der Waals surface area (Å²) in [6, 6.07) is 12.1. The Bertz CT molecular complexity index is 856. The molecular formula is C17H19F2N3O3S. The molecule has 0 bridgehead atoms. The summed E-state index contributed by atoms with van der Waals surface area (Å²) in [6.07, 6.45) is 0. The molecule has 0 aliphatic carbocycles. The van der Waals surface area contributed by atoms with E-state index < -0.39 is 16.6 Å². The van der Waals surface area contributed by atoms with E-state index in [9.17, 15) is 17.2 Å². The van der Waals surface area contributed by atoms with Crippen molar-refractivity contribution < 1.29 is 21.9 Å². The van der Waals surface area contributed by atoms with Crippen LogP contribution in [0, 0.1) is 0 Å². The molecule has 0 atom stereocenters. The van der Waals surface area contributed by atoms with Crippen molar-refractivity contribution in [3.05, 3.63) is 48.5 Å². The number of hydrogen-bond acceptors (Lipinski definition) is 5. The third-order valence-electron chi connectivity index (χ3n) is 3.92. The van der Waals surface area contributed by atoms with Crippen LogP contribution in [0.15, 0.2) is 53.4 Å². The van der Waals surface area contributed by atoms with Gasteiger partial charge < -0.3 is 15.0 Å². The lowest BCUT2D eigenvalue weighted by molar-refractivity contribution is -0.0497. The van der Waals surface area contributed by atoms with E-state index in [0.29, 0.717) is 0 Å². The molecule has 3 rings (SSSR count). The van der Waals surface area contributed by atoms with Crippen molar-refractivity contribution in [2.75, 3.05) is 35.8 Å². The molecule has 2 aromatic carbocycles. The zero-order chi connectivity index (χ0) is 18.6. The summed E-state index contributed by atoms with van der Waals surface area (Å²) in [5.41, 5.74) is 0.972. The highest BCUT2D eigenvalue weighted by molar-refractivity contribution is 7.92. The first-order valence-corrected chi connectivity index (χ1v) is 9.56. The highest BCUT2D eigenvalue weighted by Crippen LogP contribution is 2.24. The molecule has 0 amide bonds. The lowest BCUT2D eigenvalue weighted by Gasteiger charge is -2.29. The predicted molar refractivity (Wildman–Crippen MR) is 95.4 cm³/mol. The standard InChI is InChI=1S/C17H19F2N3O3S/c18-17(19)25-15-5-1-3-13(11-15)21-26(23,24)16-6-2-4-14(12-16)22-9-7-20-8-10-22/h1-6,11-12,17,20-21H,7-10H2. The lowest BCUT2D eigenvalue weighted by atomic mass is 10.2. The van der Waals surface area contributed by atoms with Crippen LogP contribution in [0.5, 0.6) is 5.75 Å². The molecule has 0 aromatic heterocycles. The van der Waals surface area contributed by atoms with Gasteiger partial charge in [-0.3, -0.25) is 4.72 Å². The number of halogens is 2. The molecule has 0 radical (unpaired) electrons. The van der Waals surface area contributed by atoms with E-state index in [1.165, 1.54) is 30.3 Å². The van der Waals surface area contributed by atoms with Crippen LogP contribution in [0.25, 0.3) is 0 Å². The number of ether oxygens (including phenoxy) is 1. The van der Waals surface area contributed by atoms with Gasteiger partial charge in [0.15, 0.2) is 0 Å². The third-order valence-corrected chi connectivity index (χ3v) is 5.30. The van der Waals surface area contributed by atoms with Crippen LogP contribution in [-0.4, -0.2) is 41.2 Å². The number of nitrogens with one attached hydrogen (secondary N) is 2. The lowest BCUT2D eigenvalue weighted by Crippen LogP contribution is -2.43. The van der Waals surface area contributed by atoms with E-state index in [-0.39, 0.29) is 16.3 Å². The Hall–Kier alpha value is -2.39. The minimum atomic E-state index is -3.86. The molecule has 9 heteroatoms. The van der Waals surface area contributed by atoms with Gasteiger partial charge in [-0.05, 0) is 30.3 Å². The predicted octanol–water partition coefficient (Wildman–Crippen LogP) is 2.50. The van der Waals surface area contributed by atoms with E-state index in [2.05, 4.69) is 19.7 Å². The van der Waals surface area contributed by atoms with Crippen molar-refractivity contribution in [1.82, 2.24) is 5.32 Å². The average Bonchev–Trinajstić information content (AvgIpc) is 2.62. The van der Waals surface area contributed by atoms with Gasteiger partial charge in [0.2, 0.25) is 0 Å². The highest BCUT2D eigenvalue weighted by atomic mass is 32.2. The smallest absolute Gasteiger partial charge is 0.387 e. The fourth-order valence-electron chi connectivity index (χ4n) is 2.72. The summed E-state index contributed by atoms with van der Waals surface area (Å²) in [4.78, 5) is 2.21. The zero-order valence-electron chi connectivity index (χ0n) is 13.9. The van der Waals surface area contributed by atoms with Crippen LogP contribution in [0.2, 0.25) is 0 Å². The van der Waals surface area contributed by atoms with Gasteiger partial charge >= 0.3 is 6.61 Å². The topological polar surface area (TPSA) is 70.7 Å². The van der Waals surface area contributed by atoms with Crippen LogP contribution in [0.3, 0.4) is 0 Å². The second-order valence-electron chi connectivity index (χ2n) is 5.75. The molecule has 6 nitrogen and oxygen atoms in total. The van der Waals surface area contributed by atoms with E-state index >= 15 is 0 Å². The van der Waals surface area contributed by atoms with Crippen LogP contribution in [-0.2, 0) is 10.0 Å². The first-order chi connectivity index (χ1) is 12.4. The Kier molecular flexibility index (Phi) is 5.58. The monoisotopic (exact) mass is 383 g/mol. The molecule has 0 unspecified atom stereocenters. The van der Waals surface area contributed by atoms with Crippen molar-refractivity contribution in [1.29, 1.82) is 0 Å². The maximum Gasteiger partial charge on any atom is 0.387 e. The molecule has 2 N–H and O–H groups in total. The maximum atomic E-state index is 12.6. The van der Waals surface area contributed by atoms with Gasteiger partial charge in [-0.2, -0.15) is 8.78 Å². The molecule has 1 saturated heterocycles. The van der Waals surface area contributed by atoms with Crippen molar-refractivity contribution in [3.63, 3.8) is 0 Å². The summed E-state index contributed by atoms with van der Waals surface area (Å²) >= 11 is 0. The van der Waals surface area contributed by atoms with Gasteiger partial charge in [-0.15, -0.1) is 0 Å². The van der Waals surface area contributed by atoms with Gasteiger partial charge in [0, 0.05) is 37.9 Å². The molecular weight excluding hydrogens is 364 g/mol. The quantitative estimate of drug-likeness (QED) is 0.802. The van der Waals surface area contributed by atoms with Crippen molar-refractivity contribution >= 4 is 21.4 Å². The number of benzene rings is 2. The van der Waals surface area contributed by atoms with Crippen molar-refractivity contribution in [2.45, 2.75) is 11.5 Å². The van der Waals surface area contributed by atoms with E-state index in [1.807, 2.05) is 6.07 Å². The SMILES string of the molecule is O=S(=O)(Nc1cccc(OC(F)F)c1)c1cccc(N2CCNCC2)c1. The van der Waals surface area contributed by atoms with E-state index in [1.54, 1.807) is 12.1 Å². The van der Waals surface area contributed by atoms with Crippen LogP contribution in [0.1, 0.15) is 0 Å². The molecule has 26 heavy (non-hydrogen) atoms. The third kappa shape index (κ3) is 4.61. The molecule has 140 valence electrons. The first kappa shape index (κ1) is 18.4. The van der Waals surface area contributed by atoms with Gasteiger partial charge in [0.05, 0.1) is 10.6 Å². The molecule has 1 aliphatic heterocycles. The first-order valence-electron chi connectivity index (χ1n) is 8.07. The van der Waals surface area contributed by atoms with Crippen molar-refractivity contribution in [2.24, 2.45) is 0 Å². The Labute approximate surface area is 150 Å². The van der Waals surface area contributed by atoms with Gasteiger partial charge in [-0.25, -0.2) is 8.42 Å². The number of anilines is 2. The van der Waals surface area contributed by atoms with Crippen LogP contribution in [0.4, 0.5) is 20.2 Å². The molecule has 0 saturated carbocycles. The Morgan fingerprint density at radius 3 is 2.54 bits per heavy atom. The molecule has 1 aliphatic rings. The minimum absolute atomic E-state index is 0.105. The molecule has 0 spiro atoms. The van der Waals surface area contributed by atoms with E-state index in [4.69, 9.17) is 0 Å². The summed E-state index contributed by atoms with van der Waals surface area (Å²) in [7, 11) is -3.86. The van der Waals surface area contributed by atoms with Gasteiger partial charge in [0.1, 0.15) is 5.75 Å². The maximum absolute atomic E-state index is 12.6. The summed E-state index contributed by atoms with van der Waals surface area (Å²) in [5, 5.41) is 3.24. The number of piperazine rings is 1. The summed E-state index contributed by atoms with van der Waals surface area (Å²) in [5.74, 6) is -0.116. The average molecular weight is 383 g/mol. The summed E-state index contributed by atoms with van der Waals surface area (Å²) in [6.45, 7) is 0.296. The zero-order valence-corrected chi connectivity index (χ0v) is 14.7. The second kappa shape index (κ2) is 7.88.